The van der Waals surface area contributed by atoms with E-state index in [1.165, 1.54) is 28.6 Å². The molecule has 0 radical (unpaired) electrons. The van der Waals surface area contributed by atoms with Gasteiger partial charge in [-0.1, -0.05) is 20.3 Å². The average Bonchev–Trinajstić information content (AvgIpc) is 2.71. The third-order valence-corrected chi connectivity index (χ3v) is 7.50. The van der Waals surface area contributed by atoms with Gasteiger partial charge in [0.15, 0.2) is 6.61 Å². The summed E-state index contributed by atoms with van der Waals surface area (Å²) in [6.07, 6.45) is 3.87. The molecule has 0 bridgehead atoms. The van der Waals surface area contributed by atoms with E-state index in [4.69, 9.17) is 4.74 Å². The van der Waals surface area contributed by atoms with Crippen molar-refractivity contribution < 1.29 is 22.7 Å². The van der Waals surface area contributed by atoms with Crippen LogP contribution in [0.15, 0.2) is 29.2 Å². The summed E-state index contributed by atoms with van der Waals surface area (Å²) in [5, 5.41) is 0. The summed E-state index contributed by atoms with van der Waals surface area (Å²) in [6, 6.07) is 5.73. The lowest BCUT2D eigenvalue weighted by molar-refractivity contribution is -0.137. The van der Waals surface area contributed by atoms with Crippen LogP contribution in [0.2, 0.25) is 0 Å². The second-order valence-corrected chi connectivity index (χ2v) is 10.2. The van der Waals surface area contributed by atoms with Gasteiger partial charge >= 0.3 is 5.97 Å². The molecule has 2 saturated heterocycles. The van der Waals surface area contributed by atoms with Crippen molar-refractivity contribution in [3.63, 3.8) is 0 Å². The van der Waals surface area contributed by atoms with E-state index in [0.717, 1.165) is 25.7 Å². The Morgan fingerprint density at radius 3 is 2.17 bits per heavy atom. The summed E-state index contributed by atoms with van der Waals surface area (Å²) in [6.45, 7) is 6.35. The highest BCUT2D eigenvalue weighted by molar-refractivity contribution is 7.89. The van der Waals surface area contributed by atoms with E-state index in [-0.39, 0.29) is 23.0 Å². The Balaban J connectivity index is 1.57. The molecular weight excluding hydrogens is 392 g/mol. The number of hydrogen-bond acceptors (Lipinski definition) is 5. The first kappa shape index (κ1) is 21.8. The lowest BCUT2D eigenvalue weighted by Crippen LogP contribution is -2.44. The van der Waals surface area contributed by atoms with Crippen LogP contribution in [-0.2, 0) is 19.6 Å². The zero-order chi connectivity index (χ0) is 21.0. The minimum atomic E-state index is -3.53. The van der Waals surface area contributed by atoms with Crippen LogP contribution < -0.4 is 0 Å². The fourth-order valence-electron chi connectivity index (χ4n) is 4.19. The molecule has 160 valence electrons. The standard InChI is InChI=1S/C21H30N2O5S/c1-16-12-17(2)14-22(13-16)20(24)15-28-21(25)18-6-8-19(9-7-18)29(26,27)23-10-4-3-5-11-23/h6-9,16-17H,3-5,10-15H2,1-2H3/t16-,17-/m0/s1. The highest BCUT2D eigenvalue weighted by Crippen LogP contribution is 2.22. The number of esters is 1. The summed E-state index contributed by atoms with van der Waals surface area (Å²) >= 11 is 0. The van der Waals surface area contributed by atoms with Gasteiger partial charge in [0.25, 0.3) is 5.91 Å². The van der Waals surface area contributed by atoms with Crippen LogP contribution >= 0.6 is 0 Å². The van der Waals surface area contributed by atoms with Crippen molar-refractivity contribution in [2.24, 2.45) is 11.8 Å². The van der Waals surface area contributed by atoms with Gasteiger partial charge in [0.1, 0.15) is 0 Å². The van der Waals surface area contributed by atoms with E-state index in [0.29, 0.717) is 38.0 Å². The Morgan fingerprint density at radius 1 is 1.00 bits per heavy atom. The van der Waals surface area contributed by atoms with Crippen LogP contribution in [0, 0.1) is 11.8 Å². The molecule has 0 spiro atoms. The molecule has 29 heavy (non-hydrogen) atoms. The molecular formula is C21H30N2O5S. The van der Waals surface area contributed by atoms with Gasteiger partial charge in [0.2, 0.25) is 10.0 Å². The van der Waals surface area contributed by atoms with Gasteiger partial charge in [0.05, 0.1) is 10.5 Å². The molecule has 3 rings (SSSR count). The average molecular weight is 423 g/mol. The molecule has 2 aliphatic heterocycles. The molecule has 0 aromatic heterocycles. The van der Waals surface area contributed by atoms with Crippen LogP contribution in [0.4, 0.5) is 0 Å². The third-order valence-electron chi connectivity index (χ3n) is 5.59. The molecule has 1 aromatic carbocycles. The highest BCUT2D eigenvalue weighted by Gasteiger charge is 2.27. The number of nitrogens with zero attached hydrogens (tertiary/aromatic N) is 2. The van der Waals surface area contributed by atoms with Crippen molar-refractivity contribution in [2.75, 3.05) is 32.8 Å². The largest absolute Gasteiger partial charge is 0.452 e. The molecule has 0 N–H and O–H groups in total. The number of rotatable bonds is 5. The van der Waals surface area contributed by atoms with Crippen LogP contribution in [0.5, 0.6) is 0 Å². The van der Waals surface area contributed by atoms with Crippen LogP contribution in [-0.4, -0.2) is 62.3 Å². The van der Waals surface area contributed by atoms with E-state index in [1.807, 2.05) is 0 Å². The summed E-state index contributed by atoms with van der Waals surface area (Å²) < 4.78 is 32.0. The lowest BCUT2D eigenvalue weighted by Gasteiger charge is -2.34. The SMILES string of the molecule is C[C@H]1C[C@H](C)CN(C(=O)COC(=O)c2ccc(S(=O)(=O)N3CCCCC3)cc2)C1. The Morgan fingerprint density at radius 2 is 1.59 bits per heavy atom. The van der Waals surface area contributed by atoms with E-state index < -0.39 is 16.0 Å². The maximum absolute atomic E-state index is 12.7. The minimum Gasteiger partial charge on any atom is -0.452 e. The first-order chi connectivity index (χ1) is 13.8. The molecule has 0 aliphatic carbocycles. The fraction of sp³-hybridized carbons (Fsp3) is 0.619. The monoisotopic (exact) mass is 422 g/mol. The van der Waals surface area contributed by atoms with Gasteiger partial charge in [-0.05, 0) is 55.4 Å². The van der Waals surface area contributed by atoms with Crippen LogP contribution in [0.25, 0.3) is 0 Å². The summed E-state index contributed by atoms with van der Waals surface area (Å²) in [4.78, 5) is 26.5. The number of amides is 1. The van der Waals surface area contributed by atoms with E-state index in [9.17, 15) is 18.0 Å². The number of likely N-dealkylation sites (tertiary alicyclic amines) is 1. The van der Waals surface area contributed by atoms with Crippen molar-refractivity contribution in [2.45, 2.75) is 44.4 Å². The number of sulfonamides is 1. The molecule has 7 nitrogen and oxygen atoms in total. The van der Waals surface area contributed by atoms with Crippen LogP contribution in [0.3, 0.4) is 0 Å². The topological polar surface area (TPSA) is 84.0 Å². The minimum absolute atomic E-state index is 0.170. The second-order valence-electron chi connectivity index (χ2n) is 8.31. The van der Waals surface area contributed by atoms with Crippen molar-refractivity contribution in [3.8, 4) is 0 Å². The van der Waals surface area contributed by atoms with Gasteiger partial charge in [-0.2, -0.15) is 4.31 Å². The van der Waals surface area contributed by atoms with Gasteiger partial charge < -0.3 is 9.64 Å². The number of ether oxygens (including phenoxy) is 1. The van der Waals surface area contributed by atoms with Gasteiger partial charge in [-0.3, -0.25) is 4.79 Å². The Bertz CT molecular complexity index is 821. The quantitative estimate of drug-likeness (QED) is 0.681. The van der Waals surface area contributed by atoms with Crippen molar-refractivity contribution >= 4 is 21.9 Å². The predicted molar refractivity (Wildman–Crippen MR) is 109 cm³/mol. The maximum Gasteiger partial charge on any atom is 0.338 e. The lowest BCUT2D eigenvalue weighted by atomic mass is 9.92. The Kier molecular flexibility index (Phi) is 6.95. The Labute approximate surface area is 173 Å². The second kappa shape index (κ2) is 9.26. The summed E-state index contributed by atoms with van der Waals surface area (Å²) in [5.41, 5.74) is 0.232. The van der Waals surface area contributed by atoms with Gasteiger partial charge in [0, 0.05) is 26.2 Å². The third kappa shape index (κ3) is 5.36. The van der Waals surface area contributed by atoms with Crippen molar-refractivity contribution in [1.82, 2.24) is 9.21 Å². The van der Waals surface area contributed by atoms with E-state index >= 15 is 0 Å². The first-order valence-electron chi connectivity index (χ1n) is 10.3. The van der Waals surface area contributed by atoms with Crippen molar-refractivity contribution in [1.29, 1.82) is 0 Å². The number of piperidine rings is 2. The first-order valence-corrected chi connectivity index (χ1v) is 11.8. The van der Waals surface area contributed by atoms with Crippen LogP contribution in [0.1, 0.15) is 49.9 Å². The molecule has 2 aliphatic rings. The fourth-order valence-corrected chi connectivity index (χ4v) is 5.70. The molecule has 1 aromatic rings. The van der Waals surface area contributed by atoms with Gasteiger partial charge in [-0.15, -0.1) is 0 Å². The van der Waals surface area contributed by atoms with Crippen molar-refractivity contribution in [3.05, 3.63) is 29.8 Å². The molecule has 2 atom stereocenters. The van der Waals surface area contributed by atoms with E-state index in [1.54, 1.807) is 4.90 Å². The van der Waals surface area contributed by atoms with E-state index in [2.05, 4.69) is 13.8 Å². The molecule has 0 unspecified atom stereocenters. The number of carbonyl (C=O) groups excluding carboxylic acids is 2. The molecule has 2 heterocycles. The highest BCUT2D eigenvalue weighted by atomic mass is 32.2. The van der Waals surface area contributed by atoms with Gasteiger partial charge in [-0.25, -0.2) is 13.2 Å². The predicted octanol–water partition coefficient (Wildman–Crippen LogP) is 2.52. The summed E-state index contributed by atoms with van der Waals surface area (Å²) in [7, 11) is -3.53. The maximum atomic E-state index is 12.7. The zero-order valence-electron chi connectivity index (χ0n) is 17.2. The molecule has 0 saturated carbocycles. The smallest absolute Gasteiger partial charge is 0.338 e. The number of hydrogen-bond donors (Lipinski definition) is 0. The Hall–Kier alpha value is -1.93. The number of carbonyl (C=O) groups is 2. The number of benzene rings is 1. The summed E-state index contributed by atoms with van der Waals surface area (Å²) in [5.74, 6) is 0.0556. The normalized spacial score (nSPS) is 23.6. The molecule has 2 fully saturated rings. The zero-order valence-corrected chi connectivity index (χ0v) is 18.0. The molecule has 1 amide bonds. The molecule has 8 heteroatoms.